The molecule has 0 aliphatic carbocycles. The third-order valence-electron chi connectivity index (χ3n) is 5.73. The van der Waals surface area contributed by atoms with Crippen molar-refractivity contribution in [1.82, 2.24) is 0 Å². The van der Waals surface area contributed by atoms with E-state index >= 15 is 0 Å². The van der Waals surface area contributed by atoms with Gasteiger partial charge in [-0.3, -0.25) is 5.04 Å². The molecule has 10 atom stereocenters. The molecule has 0 bridgehead atoms. The van der Waals surface area contributed by atoms with Gasteiger partial charge < -0.3 is 48.5 Å². The molecule has 33 heavy (non-hydrogen) atoms. The largest absolute Gasteiger partial charge is 0.707 e. The molecular weight excluding hydrogens is 500 g/mol. The van der Waals surface area contributed by atoms with Crippen molar-refractivity contribution in [3.8, 4) is 0 Å². The van der Waals surface area contributed by atoms with Crippen LogP contribution in [0.4, 0.5) is 0 Å². The van der Waals surface area contributed by atoms with Crippen molar-refractivity contribution in [2.75, 3.05) is 7.11 Å². The van der Waals surface area contributed by atoms with E-state index in [-0.39, 0.29) is 6.42 Å². The third kappa shape index (κ3) is 5.81. The number of aliphatic hydroxyl groups is 1. The Bertz CT molecular complexity index is 833. The molecule has 2 rings (SSSR count). The van der Waals surface area contributed by atoms with Gasteiger partial charge in [0.15, 0.2) is 23.1 Å². The van der Waals surface area contributed by atoms with Crippen LogP contribution in [0.5, 0.6) is 0 Å². The van der Waals surface area contributed by atoms with E-state index in [4.69, 9.17) is 18.9 Å². The van der Waals surface area contributed by atoms with Crippen LogP contribution in [0.1, 0.15) is 27.2 Å². The lowest BCUT2D eigenvalue weighted by molar-refractivity contribution is -0.806. The van der Waals surface area contributed by atoms with Gasteiger partial charge in [0.2, 0.25) is 0 Å². The van der Waals surface area contributed by atoms with Crippen molar-refractivity contribution in [3.05, 3.63) is 0 Å². The molecule has 0 aromatic rings. The van der Waals surface area contributed by atoms with E-state index in [1.165, 1.54) is 13.8 Å². The number of methoxy groups -OCH3 is 1. The van der Waals surface area contributed by atoms with E-state index in [1.807, 2.05) is 0 Å². The van der Waals surface area contributed by atoms with Crippen LogP contribution in [0, 0.1) is 5.92 Å². The van der Waals surface area contributed by atoms with Gasteiger partial charge in [0.05, 0.1) is 12.2 Å². The van der Waals surface area contributed by atoms with E-state index in [0.29, 0.717) is 0 Å². The minimum Gasteiger partial charge on any atom is -0.707 e. The summed E-state index contributed by atoms with van der Waals surface area (Å²) in [6.45, 7) is 4.38. The van der Waals surface area contributed by atoms with Gasteiger partial charge in [0, 0.05) is 13.0 Å². The number of hydrogen-bond donors (Lipinski definition) is 1. The van der Waals surface area contributed by atoms with Crippen molar-refractivity contribution < 1.29 is 75.3 Å². The van der Waals surface area contributed by atoms with Crippen LogP contribution >= 0.6 is 0 Å². The smallest absolute Gasteiger partial charge is 0.269 e. The first-order chi connectivity index (χ1) is 15.4. The molecule has 0 saturated carbocycles. The van der Waals surface area contributed by atoms with Gasteiger partial charge in [-0.15, -0.1) is 0 Å². The Morgan fingerprint density at radius 3 is 1.85 bits per heavy atom. The second kappa shape index (κ2) is 11.4. The average molecular weight is 525 g/mol. The summed E-state index contributed by atoms with van der Waals surface area (Å²) < 4.78 is 77.3. The SMILES string of the molecule is CC[C@@H]1C(C)O[C@@H](O[C@@H]2C(S(=O)(=O)O[O-])[C@@H](OC)OC(C)[C@@H]2O)C(S(=O)(=O)O[O-])[C@H]1OO[O-]. The maximum atomic E-state index is 12.4. The molecule has 196 valence electrons. The highest BCUT2D eigenvalue weighted by Gasteiger charge is 2.57. The summed E-state index contributed by atoms with van der Waals surface area (Å²) in [7, 11) is -9.11. The first kappa shape index (κ1) is 28.7. The zero-order valence-electron chi connectivity index (χ0n) is 17.9. The maximum Gasteiger partial charge on any atom is 0.269 e. The third-order valence-corrected chi connectivity index (χ3v) is 8.42. The van der Waals surface area contributed by atoms with Crippen LogP contribution in [-0.4, -0.2) is 82.7 Å². The Labute approximate surface area is 189 Å². The highest BCUT2D eigenvalue weighted by molar-refractivity contribution is 7.87. The normalized spacial score (nSPS) is 40.6. The topological polar surface area (TPSA) is 232 Å². The highest BCUT2D eigenvalue weighted by Crippen LogP contribution is 2.38. The van der Waals surface area contributed by atoms with E-state index in [9.17, 15) is 37.7 Å². The fraction of sp³-hybridized carbons (Fsp3) is 1.00. The van der Waals surface area contributed by atoms with Crippen LogP contribution in [0.25, 0.3) is 0 Å². The van der Waals surface area contributed by atoms with E-state index in [1.54, 1.807) is 6.92 Å². The molecule has 2 saturated heterocycles. The fourth-order valence-electron chi connectivity index (χ4n) is 4.08. The standard InChI is InChI=1S/C15H28O16S2/c1-5-8-6(2)25-15(12(10(8)28-29-17)32(20,21)30-18)27-11-9(16)7(3)26-14(24-4)13(11)33(22,23)31-19/h6-19H,5H2,1-4H3/p-3/t6?,7?,8-,9+,10+,11+,12?,13?,14+,15+/m1/s1. The Balaban J connectivity index is 2.55. The molecule has 2 aliphatic rings. The number of aliphatic hydroxyl groups excluding tert-OH is 1. The molecular formula is C15H25O16S2-3. The van der Waals surface area contributed by atoms with Crippen molar-refractivity contribution in [2.24, 2.45) is 5.92 Å². The summed E-state index contributed by atoms with van der Waals surface area (Å²) in [5.74, 6) is -0.816. The second-order valence-electron chi connectivity index (χ2n) is 7.50. The van der Waals surface area contributed by atoms with Crippen molar-refractivity contribution in [1.29, 1.82) is 0 Å². The molecule has 2 fully saturated rings. The lowest BCUT2D eigenvalue weighted by atomic mass is 9.89. The molecule has 16 nitrogen and oxygen atoms in total. The molecule has 2 aliphatic heterocycles. The highest BCUT2D eigenvalue weighted by atomic mass is 32.2. The van der Waals surface area contributed by atoms with E-state index in [0.717, 1.165) is 7.11 Å². The molecule has 2 heterocycles. The Hall–Kier alpha value is -0.580. The molecule has 18 heteroatoms. The molecule has 0 aromatic carbocycles. The van der Waals surface area contributed by atoms with Gasteiger partial charge in [-0.25, -0.2) is 4.89 Å². The Morgan fingerprint density at radius 2 is 1.39 bits per heavy atom. The van der Waals surface area contributed by atoms with Crippen LogP contribution < -0.4 is 15.8 Å². The predicted molar refractivity (Wildman–Crippen MR) is 93.9 cm³/mol. The fourth-order valence-corrected chi connectivity index (χ4v) is 6.24. The molecule has 0 aromatic heterocycles. The van der Waals surface area contributed by atoms with Crippen molar-refractivity contribution >= 4 is 20.2 Å². The number of hydrogen-bond acceptors (Lipinski definition) is 16. The summed E-state index contributed by atoms with van der Waals surface area (Å²) >= 11 is 0. The van der Waals surface area contributed by atoms with Gasteiger partial charge >= 0.3 is 0 Å². The predicted octanol–water partition coefficient (Wildman–Crippen LogP) is -4.53. The zero-order valence-corrected chi connectivity index (χ0v) is 19.5. The Kier molecular flexibility index (Phi) is 9.93. The van der Waals surface area contributed by atoms with Crippen LogP contribution in [0.2, 0.25) is 0 Å². The lowest BCUT2D eigenvalue weighted by Gasteiger charge is -2.48. The molecule has 0 radical (unpaired) electrons. The van der Waals surface area contributed by atoms with Crippen LogP contribution in [-0.2, 0) is 57.8 Å². The number of rotatable bonds is 10. The summed E-state index contributed by atoms with van der Waals surface area (Å²) in [5, 5.41) is 42.3. The van der Waals surface area contributed by atoms with Crippen molar-refractivity contribution in [3.63, 3.8) is 0 Å². The summed E-state index contributed by atoms with van der Waals surface area (Å²) in [6.07, 6.45) is -10.9. The monoisotopic (exact) mass is 525 g/mol. The quantitative estimate of drug-likeness (QED) is 0.209. The molecule has 0 spiro atoms. The zero-order chi connectivity index (χ0) is 25.1. The molecule has 0 amide bonds. The van der Waals surface area contributed by atoms with Gasteiger partial charge in [-0.1, -0.05) is 6.92 Å². The van der Waals surface area contributed by atoms with Crippen LogP contribution in [0.3, 0.4) is 0 Å². The van der Waals surface area contributed by atoms with Gasteiger partial charge in [0.25, 0.3) is 20.2 Å². The van der Waals surface area contributed by atoms with Gasteiger partial charge in [-0.2, -0.15) is 16.8 Å². The van der Waals surface area contributed by atoms with Gasteiger partial charge in [0.1, 0.15) is 18.3 Å². The minimum atomic E-state index is -5.10. The Morgan fingerprint density at radius 1 is 0.879 bits per heavy atom. The van der Waals surface area contributed by atoms with E-state index < -0.39 is 79.8 Å². The molecule has 1 N–H and O–H groups in total. The second-order valence-corrected chi connectivity index (χ2v) is 10.8. The number of ether oxygens (including phenoxy) is 4. The summed E-state index contributed by atoms with van der Waals surface area (Å²) in [6, 6.07) is 0. The minimum absolute atomic E-state index is 0.191. The lowest BCUT2D eigenvalue weighted by Crippen LogP contribution is -2.65. The van der Waals surface area contributed by atoms with Crippen LogP contribution in [0.15, 0.2) is 0 Å². The summed E-state index contributed by atoms with van der Waals surface area (Å²) in [4.78, 5) is 4.56. The van der Waals surface area contributed by atoms with Gasteiger partial charge in [-0.05, 0) is 20.3 Å². The first-order valence-electron chi connectivity index (χ1n) is 9.63. The summed E-state index contributed by atoms with van der Waals surface area (Å²) in [5.41, 5.74) is 0. The molecule has 4 unspecified atom stereocenters. The van der Waals surface area contributed by atoms with Crippen molar-refractivity contribution in [2.45, 2.75) is 80.8 Å². The van der Waals surface area contributed by atoms with E-state index in [2.05, 4.69) is 18.6 Å². The maximum absolute atomic E-state index is 12.4. The first-order valence-corrected chi connectivity index (χ1v) is 12.6. The average Bonchev–Trinajstić information content (AvgIpc) is 2.76.